The number of ether oxygens (including phenoxy) is 1. The normalized spacial score (nSPS) is 11.9. The van der Waals surface area contributed by atoms with Crippen LogP contribution < -0.4 is 10.6 Å². The third-order valence-electron chi connectivity index (χ3n) is 2.24. The van der Waals surface area contributed by atoms with Crippen LogP contribution in [0.15, 0.2) is 24.5 Å². The van der Waals surface area contributed by atoms with Crippen LogP contribution in [-0.2, 0) is 11.2 Å². The first-order valence-electron chi connectivity index (χ1n) is 5.64. The lowest BCUT2D eigenvalue weighted by Crippen LogP contribution is -2.43. The molecule has 4 nitrogen and oxygen atoms in total. The minimum absolute atomic E-state index is 0.223. The molecule has 0 radical (unpaired) electrons. The molecule has 1 heterocycles. The number of hydrogen-bond acceptors (Lipinski definition) is 3. The van der Waals surface area contributed by atoms with Gasteiger partial charge in [0.1, 0.15) is 0 Å². The SMILES string of the molecule is COCC(C)NC(=S)NCCc1ccncc1. The van der Waals surface area contributed by atoms with Gasteiger partial charge in [0, 0.05) is 32.1 Å². The van der Waals surface area contributed by atoms with Gasteiger partial charge in [0.25, 0.3) is 0 Å². The van der Waals surface area contributed by atoms with Gasteiger partial charge in [-0.25, -0.2) is 0 Å². The van der Waals surface area contributed by atoms with Crippen LogP contribution in [0, 0.1) is 0 Å². The van der Waals surface area contributed by atoms with Gasteiger partial charge in [-0.2, -0.15) is 0 Å². The van der Waals surface area contributed by atoms with E-state index in [-0.39, 0.29) is 6.04 Å². The second-order valence-electron chi connectivity index (χ2n) is 3.86. The Hall–Kier alpha value is -1.20. The molecule has 0 bridgehead atoms. The van der Waals surface area contributed by atoms with E-state index in [0.29, 0.717) is 11.7 Å². The molecule has 0 fully saturated rings. The number of rotatable bonds is 6. The average Bonchev–Trinajstić information content (AvgIpc) is 2.30. The van der Waals surface area contributed by atoms with Gasteiger partial charge in [-0.15, -0.1) is 0 Å². The number of hydrogen-bond donors (Lipinski definition) is 2. The van der Waals surface area contributed by atoms with Crippen LogP contribution in [0.3, 0.4) is 0 Å². The zero-order chi connectivity index (χ0) is 12.5. The Morgan fingerprint density at radius 3 is 2.82 bits per heavy atom. The first-order valence-corrected chi connectivity index (χ1v) is 6.05. The highest BCUT2D eigenvalue weighted by atomic mass is 32.1. The van der Waals surface area contributed by atoms with Crippen molar-refractivity contribution < 1.29 is 4.74 Å². The summed E-state index contributed by atoms with van der Waals surface area (Å²) in [5.41, 5.74) is 1.25. The molecule has 94 valence electrons. The zero-order valence-electron chi connectivity index (χ0n) is 10.3. The minimum atomic E-state index is 0.223. The van der Waals surface area contributed by atoms with E-state index in [9.17, 15) is 0 Å². The second kappa shape index (κ2) is 7.97. The Balaban J connectivity index is 2.16. The summed E-state index contributed by atoms with van der Waals surface area (Å²) >= 11 is 5.17. The van der Waals surface area contributed by atoms with Crippen LogP contribution in [0.1, 0.15) is 12.5 Å². The summed E-state index contributed by atoms with van der Waals surface area (Å²) in [6.07, 6.45) is 4.53. The average molecular weight is 253 g/mol. The summed E-state index contributed by atoms with van der Waals surface area (Å²) < 4.78 is 5.02. The topological polar surface area (TPSA) is 46.2 Å². The molecule has 0 saturated heterocycles. The lowest BCUT2D eigenvalue weighted by molar-refractivity contribution is 0.179. The minimum Gasteiger partial charge on any atom is -0.383 e. The molecule has 0 spiro atoms. The van der Waals surface area contributed by atoms with Gasteiger partial charge in [0.2, 0.25) is 0 Å². The Bertz CT molecular complexity index is 332. The van der Waals surface area contributed by atoms with E-state index in [4.69, 9.17) is 17.0 Å². The molecule has 1 rings (SSSR count). The maximum absolute atomic E-state index is 5.17. The van der Waals surface area contributed by atoms with E-state index in [2.05, 4.69) is 15.6 Å². The van der Waals surface area contributed by atoms with Gasteiger partial charge in [0.05, 0.1) is 6.61 Å². The van der Waals surface area contributed by atoms with Gasteiger partial charge in [-0.05, 0) is 43.3 Å². The highest BCUT2D eigenvalue weighted by Crippen LogP contribution is 1.95. The molecule has 0 aromatic carbocycles. The largest absolute Gasteiger partial charge is 0.383 e. The molecule has 17 heavy (non-hydrogen) atoms. The van der Waals surface area contributed by atoms with Crippen LogP contribution in [0.5, 0.6) is 0 Å². The van der Waals surface area contributed by atoms with E-state index in [0.717, 1.165) is 13.0 Å². The van der Waals surface area contributed by atoms with Gasteiger partial charge in [-0.1, -0.05) is 0 Å². The van der Waals surface area contributed by atoms with Gasteiger partial charge < -0.3 is 15.4 Å². The van der Waals surface area contributed by atoms with E-state index < -0.39 is 0 Å². The summed E-state index contributed by atoms with van der Waals surface area (Å²) in [6, 6.07) is 4.23. The monoisotopic (exact) mass is 253 g/mol. The van der Waals surface area contributed by atoms with E-state index in [1.54, 1.807) is 19.5 Å². The molecule has 0 aliphatic rings. The smallest absolute Gasteiger partial charge is 0.166 e. The fourth-order valence-electron chi connectivity index (χ4n) is 1.44. The number of pyridine rings is 1. The predicted molar refractivity (Wildman–Crippen MR) is 73.0 cm³/mol. The standard InChI is InChI=1S/C12H19N3OS/c1-10(9-16-2)15-12(17)14-8-5-11-3-6-13-7-4-11/h3-4,6-7,10H,5,8-9H2,1-2H3,(H2,14,15,17). The highest BCUT2D eigenvalue weighted by Gasteiger charge is 2.02. The van der Waals surface area contributed by atoms with Gasteiger partial charge in [0.15, 0.2) is 5.11 Å². The van der Waals surface area contributed by atoms with Crippen LogP contribution >= 0.6 is 12.2 Å². The van der Waals surface area contributed by atoms with Crippen molar-refractivity contribution in [1.29, 1.82) is 0 Å². The maximum Gasteiger partial charge on any atom is 0.166 e. The fraction of sp³-hybridized carbons (Fsp3) is 0.500. The summed E-state index contributed by atoms with van der Waals surface area (Å²) in [5, 5.41) is 6.98. The molecule has 1 unspecified atom stereocenters. The Morgan fingerprint density at radius 2 is 2.18 bits per heavy atom. The van der Waals surface area contributed by atoms with Crippen molar-refractivity contribution in [2.24, 2.45) is 0 Å². The Labute approximate surface area is 108 Å². The Kier molecular flexibility index (Phi) is 6.50. The molecule has 0 saturated carbocycles. The van der Waals surface area contributed by atoms with Crippen LogP contribution in [-0.4, -0.2) is 36.4 Å². The highest BCUT2D eigenvalue weighted by molar-refractivity contribution is 7.80. The molecule has 1 aromatic rings. The maximum atomic E-state index is 5.17. The van der Waals surface area contributed by atoms with Gasteiger partial charge in [-0.3, -0.25) is 4.98 Å². The van der Waals surface area contributed by atoms with Crippen molar-refractivity contribution >= 4 is 17.3 Å². The van der Waals surface area contributed by atoms with E-state index in [1.807, 2.05) is 19.1 Å². The lowest BCUT2D eigenvalue weighted by Gasteiger charge is -2.16. The second-order valence-corrected chi connectivity index (χ2v) is 4.27. The molecular formula is C12H19N3OS. The molecule has 0 aliphatic heterocycles. The van der Waals surface area contributed by atoms with Crippen molar-refractivity contribution in [2.45, 2.75) is 19.4 Å². The van der Waals surface area contributed by atoms with Crippen molar-refractivity contribution in [3.05, 3.63) is 30.1 Å². The third-order valence-corrected chi connectivity index (χ3v) is 2.50. The summed E-state index contributed by atoms with van der Waals surface area (Å²) in [4.78, 5) is 3.98. The van der Waals surface area contributed by atoms with Crippen molar-refractivity contribution in [1.82, 2.24) is 15.6 Å². The lowest BCUT2D eigenvalue weighted by atomic mass is 10.2. The molecule has 1 atom stereocenters. The number of nitrogens with one attached hydrogen (secondary N) is 2. The van der Waals surface area contributed by atoms with Crippen LogP contribution in [0.4, 0.5) is 0 Å². The number of methoxy groups -OCH3 is 1. The molecule has 0 aliphatic carbocycles. The first-order chi connectivity index (χ1) is 8.22. The van der Waals surface area contributed by atoms with Crippen LogP contribution in [0.2, 0.25) is 0 Å². The van der Waals surface area contributed by atoms with E-state index in [1.165, 1.54) is 5.56 Å². The van der Waals surface area contributed by atoms with Crippen LogP contribution in [0.25, 0.3) is 0 Å². The zero-order valence-corrected chi connectivity index (χ0v) is 11.1. The summed E-state index contributed by atoms with van der Waals surface area (Å²) in [7, 11) is 1.68. The molecule has 0 amide bonds. The fourth-order valence-corrected chi connectivity index (χ4v) is 1.74. The number of aromatic nitrogens is 1. The number of thiocarbonyl (C=S) groups is 1. The molecule has 5 heteroatoms. The van der Waals surface area contributed by atoms with Crippen molar-refractivity contribution in [2.75, 3.05) is 20.3 Å². The van der Waals surface area contributed by atoms with E-state index >= 15 is 0 Å². The Morgan fingerprint density at radius 1 is 1.47 bits per heavy atom. The quantitative estimate of drug-likeness (QED) is 0.744. The van der Waals surface area contributed by atoms with Crippen molar-refractivity contribution in [3.8, 4) is 0 Å². The third kappa shape index (κ3) is 6.19. The molecular weight excluding hydrogens is 234 g/mol. The van der Waals surface area contributed by atoms with Gasteiger partial charge >= 0.3 is 0 Å². The molecule has 1 aromatic heterocycles. The number of nitrogens with zero attached hydrogens (tertiary/aromatic N) is 1. The van der Waals surface area contributed by atoms with Crippen molar-refractivity contribution in [3.63, 3.8) is 0 Å². The molecule has 2 N–H and O–H groups in total. The first kappa shape index (κ1) is 13.9. The summed E-state index contributed by atoms with van der Waals surface area (Å²) in [5.74, 6) is 0. The summed E-state index contributed by atoms with van der Waals surface area (Å²) in [6.45, 7) is 3.49. The predicted octanol–water partition coefficient (Wildman–Crippen LogP) is 1.12.